The van der Waals surface area contributed by atoms with Crippen LogP contribution in [0.1, 0.15) is 53.3 Å². The molecule has 0 atom stereocenters. The maximum Gasteiger partial charge on any atom is 0.525 e. The van der Waals surface area contributed by atoms with Crippen LogP contribution in [0.3, 0.4) is 0 Å². The third-order valence-electron chi connectivity index (χ3n) is 5.23. The van der Waals surface area contributed by atoms with Crippen molar-refractivity contribution in [3.8, 4) is 0 Å². The lowest BCUT2D eigenvalue weighted by atomic mass is 9.87. The Morgan fingerprint density at radius 3 is 2.48 bits per heavy atom. The van der Waals surface area contributed by atoms with Crippen LogP contribution in [-0.2, 0) is 9.31 Å². The summed E-state index contributed by atoms with van der Waals surface area (Å²) in [5.41, 5.74) is -1.13. The molecule has 0 aliphatic carbocycles. The molecule has 2 aliphatic rings. The van der Waals surface area contributed by atoms with Crippen molar-refractivity contribution >= 4 is 13.2 Å². The van der Waals surface area contributed by atoms with E-state index in [1.54, 1.807) is 6.20 Å². The second kappa shape index (κ2) is 6.48. The number of hydrogen-bond acceptors (Lipinski definition) is 5. The maximum atomic E-state index is 14.5. The van der Waals surface area contributed by atoms with E-state index in [1.807, 2.05) is 32.4 Å². The molecular formula is C17H28BFN4O2. The first-order chi connectivity index (χ1) is 11.6. The molecular weight excluding hydrogens is 322 g/mol. The van der Waals surface area contributed by atoms with Gasteiger partial charge in [-0.2, -0.15) is 0 Å². The molecule has 1 aromatic heterocycles. The van der Waals surface area contributed by atoms with Crippen molar-refractivity contribution in [3.05, 3.63) is 17.6 Å². The minimum atomic E-state index is -1.000. The number of likely N-dealkylation sites (tertiary alicyclic amines) is 1. The Labute approximate surface area is 149 Å². The van der Waals surface area contributed by atoms with Gasteiger partial charge in [-0.15, -0.1) is 5.10 Å². The monoisotopic (exact) mass is 350 g/mol. The molecule has 6 nitrogen and oxygen atoms in total. The molecule has 1 aromatic rings. The van der Waals surface area contributed by atoms with Crippen molar-refractivity contribution in [2.45, 2.75) is 58.8 Å². The molecule has 25 heavy (non-hydrogen) atoms. The van der Waals surface area contributed by atoms with Crippen molar-refractivity contribution in [2.24, 2.45) is 5.92 Å². The molecule has 0 radical (unpaired) electrons. The average molecular weight is 350 g/mol. The standard InChI is InChI=1S/C17H28BFN4O2/c1-12(2)8-22-10-14(11-22)23-9-13(20-21-23)7-15(19)18-24-16(3,4)17(5,6)25-18/h7,9,12,14H,8,10-11H2,1-6H3. The van der Waals surface area contributed by atoms with Gasteiger partial charge < -0.3 is 9.31 Å². The zero-order valence-electron chi connectivity index (χ0n) is 16.0. The number of halogens is 1. The molecule has 0 unspecified atom stereocenters. The smallest absolute Gasteiger partial charge is 0.398 e. The van der Waals surface area contributed by atoms with Crippen LogP contribution < -0.4 is 0 Å². The fraction of sp³-hybridized carbons (Fsp3) is 0.765. The molecule has 3 heterocycles. The SMILES string of the molecule is CC(C)CN1CC(n2cc(C=C(F)B3OC(C)(C)C(C)(C)O3)nn2)C1. The van der Waals surface area contributed by atoms with E-state index in [9.17, 15) is 4.39 Å². The van der Waals surface area contributed by atoms with Crippen LogP contribution in [0.4, 0.5) is 4.39 Å². The number of hydrogen-bond donors (Lipinski definition) is 0. The normalized spacial score (nSPS) is 24.2. The predicted molar refractivity (Wildman–Crippen MR) is 95.5 cm³/mol. The van der Waals surface area contributed by atoms with Gasteiger partial charge in [-0.05, 0) is 39.7 Å². The van der Waals surface area contributed by atoms with E-state index in [4.69, 9.17) is 9.31 Å². The van der Waals surface area contributed by atoms with Gasteiger partial charge in [-0.3, -0.25) is 4.90 Å². The molecule has 0 spiro atoms. The molecule has 0 saturated carbocycles. The molecule has 2 saturated heterocycles. The van der Waals surface area contributed by atoms with Crippen LogP contribution in [-0.4, -0.2) is 57.8 Å². The fourth-order valence-electron chi connectivity index (χ4n) is 3.08. The van der Waals surface area contributed by atoms with Gasteiger partial charge in [0.25, 0.3) is 0 Å². The Morgan fingerprint density at radius 1 is 1.32 bits per heavy atom. The first kappa shape index (κ1) is 18.5. The summed E-state index contributed by atoms with van der Waals surface area (Å²) in [6.07, 6.45) is 3.12. The first-order valence-electron chi connectivity index (χ1n) is 8.94. The van der Waals surface area contributed by atoms with E-state index in [0.29, 0.717) is 17.7 Å². The summed E-state index contributed by atoms with van der Waals surface area (Å²) in [6, 6.07) is 0.313. The third-order valence-corrected chi connectivity index (χ3v) is 5.23. The van der Waals surface area contributed by atoms with Gasteiger partial charge in [0.1, 0.15) is 11.4 Å². The molecule has 3 rings (SSSR count). The second-order valence-electron chi connectivity index (χ2n) is 8.51. The second-order valence-corrected chi connectivity index (χ2v) is 8.51. The summed E-state index contributed by atoms with van der Waals surface area (Å²) in [5.74, 6) is 0.657. The lowest BCUT2D eigenvalue weighted by molar-refractivity contribution is 0.00578. The van der Waals surface area contributed by atoms with E-state index in [1.165, 1.54) is 6.08 Å². The van der Waals surface area contributed by atoms with Crippen LogP contribution >= 0.6 is 0 Å². The Morgan fingerprint density at radius 2 is 1.92 bits per heavy atom. The van der Waals surface area contributed by atoms with Gasteiger partial charge in [0.2, 0.25) is 0 Å². The summed E-state index contributed by atoms with van der Waals surface area (Å²) < 4.78 is 27.8. The zero-order chi connectivity index (χ0) is 18.4. The third kappa shape index (κ3) is 3.81. The van der Waals surface area contributed by atoms with Crippen molar-refractivity contribution in [1.29, 1.82) is 0 Å². The van der Waals surface area contributed by atoms with E-state index < -0.39 is 24.0 Å². The van der Waals surface area contributed by atoms with Crippen molar-refractivity contribution in [1.82, 2.24) is 19.9 Å². The van der Waals surface area contributed by atoms with E-state index in [2.05, 4.69) is 29.1 Å². The molecule has 0 aromatic carbocycles. The van der Waals surface area contributed by atoms with Crippen molar-refractivity contribution in [3.63, 3.8) is 0 Å². The van der Waals surface area contributed by atoms with E-state index in [-0.39, 0.29) is 0 Å². The van der Waals surface area contributed by atoms with Crippen LogP contribution in [0, 0.1) is 5.92 Å². The lowest BCUT2D eigenvalue weighted by Gasteiger charge is -2.39. The summed E-state index contributed by atoms with van der Waals surface area (Å²) in [5, 5.41) is 8.19. The lowest BCUT2D eigenvalue weighted by Crippen LogP contribution is -2.49. The molecule has 0 N–H and O–H groups in total. The Bertz CT molecular complexity index is 637. The number of aromatic nitrogens is 3. The number of rotatable bonds is 5. The highest BCUT2D eigenvalue weighted by Gasteiger charge is 2.53. The minimum Gasteiger partial charge on any atom is -0.398 e. The van der Waals surface area contributed by atoms with E-state index in [0.717, 1.165) is 19.6 Å². The zero-order valence-corrected chi connectivity index (χ0v) is 16.0. The molecule has 0 bridgehead atoms. The number of nitrogens with zero attached hydrogens (tertiary/aromatic N) is 4. The first-order valence-corrected chi connectivity index (χ1v) is 8.94. The largest absolute Gasteiger partial charge is 0.525 e. The highest BCUT2D eigenvalue weighted by atomic mass is 19.1. The minimum absolute atomic E-state index is 0.313. The quantitative estimate of drug-likeness (QED) is 0.765. The van der Waals surface area contributed by atoms with Crippen LogP contribution in [0.15, 0.2) is 11.9 Å². The van der Waals surface area contributed by atoms with Crippen molar-refractivity contribution < 1.29 is 13.7 Å². The van der Waals surface area contributed by atoms with Crippen LogP contribution in [0.25, 0.3) is 6.08 Å². The Kier molecular flexibility index (Phi) is 4.81. The van der Waals surface area contributed by atoms with Crippen molar-refractivity contribution in [2.75, 3.05) is 19.6 Å². The summed E-state index contributed by atoms with van der Waals surface area (Å²) >= 11 is 0. The van der Waals surface area contributed by atoms with Gasteiger partial charge in [0.15, 0.2) is 0 Å². The Hall–Kier alpha value is -1.25. The molecule has 8 heteroatoms. The fourth-order valence-corrected chi connectivity index (χ4v) is 3.08. The van der Waals surface area contributed by atoms with Gasteiger partial charge in [-0.1, -0.05) is 19.1 Å². The van der Waals surface area contributed by atoms with Gasteiger partial charge in [-0.25, -0.2) is 9.07 Å². The topological polar surface area (TPSA) is 52.4 Å². The van der Waals surface area contributed by atoms with Gasteiger partial charge in [0, 0.05) is 19.6 Å². The molecule has 2 aliphatic heterocycles. The van der Waals surface area contributed by atoms with E-state index >= 15 is 0 Å². The predicted octanol–water partition coefficient (Wildman–Crippen LogP) is 2.73. The average Bonchev–Trinajstić information content (AvgIpc) is 2.96. The summed E-state index contributed by atoms with van der Waals surface area (Å²) in [4.78, 5) is 2.39. The highest BCUT2D eigenvalue weighted by molar-refractivity contribution is 6.54. The van der Waals surface area contributed by atoms with Crippen LogP contribution in [0.5, 0.6) is 0 Å². The molecule has 0 amide bonds. The summed E-state index contributed by atoms with van der Waals surface area (Å²) in [6.45, 7) is 15.0. The summed E-state index contributed by atoms with van der Waals surface area (Å²) in [7, 11) is -1.000. The molecule has 138 valence electrons. The highest BCUT2D eigenvalue weighted by Crippen LogP contribution is 2.39. The molecule has 2 fully saturated rings. The maximum absolute atomic E-state index is 14.5. The van der Waals surface area contributed by atoms with Gasteiger partial charge >= 0.3 is 7.12 Å². The Balaban J connectivity index is 1.61. The van der Waals surface area contributed by atoms with Gasteiger partial charge in [0.05, 0.1) is 23.4 Å². The van der Waals surface area contributed by atoms with Crippen LogP contribution in [0.2, 0.25) is 0 Å².